The van der Waals surface area contributed by atoms with Crippen molar-refractivity contribution in [3.8, 4) is 0 Å². The first-order valence-corrected chi connectivity index (χ1v) is 14.1. The molecule has 0 aromatic carbocycles. The van der Waals surface area contributed by atoms with Crippen LogP contribution >= 0.6 is 0 Å². The standard InChI is InChI=1S/C29H46N2O10/c1-19(30-26(32)8-9-27(30)33)12-36-14-21(3)38-16-23(5)40-18-25(7)41-17-24(6)39-15-22(4)37-13-20(2)31-28(34)10-11-29(31)35/h8-11,19-25H,12-18H2,1-7H3. The molecule has 0 saturated carbocycles. The van der Waals surface area contributed by atoms with Crippen molar-refractivity contribution >= 4 is 23.6 Å². The van der Waals surface area contributed by atoms with Gasteiger partial charge in [0, 0.05) is 24.3 Å². The summed E-state index contributed by atoms with van der Waals surface area (Å²) in [6.45, 7) is 15.4. The molecule has 41 heavy (non-hydrogen) atoms. The smallest absolute Gasteiger partial charge is 0.253 e. The maximum absolute atomic E-state index is 11.7. The van der Waals surface area contributed by atoms with Crippen LogP contribution in [0.4, 0.5) is 0 Å². The summed E-state index contributed by atoms with van der Waals surface area (Å²) in [6, 6.07) is -0.704. The van der Waals surface area contributed by atoms with E-state index in [1.807, 2.05) is 34.6 Å². The van der Waals surface area contributed by atoms with Gasteiger partial charge in [-0.1, -0.05) is 0 Å². The van der Waals surface area contributed by atoms with E-state index in [1.165, 1.54) is 34.1 Å². The highest BCUT2D eigenvalue weighted by atomic mass is 16.6. The molecule has 0 spiro atoms. The summed E-state index contributed by atoms with van der Waals surface area (Å²) in [5, 5.41) is 0. The normalized spacial score (nSPS) is 20.6. The topological polar surface area (TPSA) is 130 Å². The largest absolute Gasteiger partial charge is 0.377 e. The third-order valence-electron chi connectivity index (χ3n) is 6.36. The van der Waals surface area contributed by atoms with Crippen LogP contribution in [-0.4, -0.2) is 122 Å². The molecule has 0 saturated heterocycles. The van der Waals surface area contributed by atoms with E-state index < -0.39 is 0 Å². The van der Waals surface area contributed by atoms with Crippen molar-refractivity contribution in [1.82, 2.24) is 9.80 Å². The van der Waals surface area contributed by atoms with Crippen LogP contribution in [0.25, 0.3) is 0 Å². The summed E-state index contributed by atoms with van der Waals surface area (Å²) in [4.78, 5) is 49.3. The zero-order valence-electron chi connectivity index (χ0n) is 25.3. The molecule has 2 rings (SSSR count). The Morgan fingerprint density at radius 2 is 0.707 bits per heavy atom. The van der Waals surface area contributed by atoms with Crippen LogP contribution in [0.5, 0.6) is 0 Å². The molecule has 0 aliphatic carbocycles. The number of nitrogens with zero attached hydrogens (tertiary/aromatic N) is 2. The third-order valence-corrected chi connectivity index (χ3v) is 6.36. The Balaban J connectivity index is 1.49. The predicted molar refractivity (Wildman–Crippen MR) is 149 cm³/mol. The van der Waals surface area contributed by atoms with Crippen molar-refractivity contribution in [3.63, 3.8) is 0 Å². The first-order chi connectivity index (χ1) is 19.4. The Labute approximate surface area is 242 Å². The maximum atomic E-state index is 11.7. The molecule has 232 valence electrons. The van der Waals surface area contributed by atoms with Crippen LogP contribution in [0.15, 0.2) is 24.3 Å². The van der Waals surface area contributed by atoms with Crippen LogP contribution < -0.4 is 0 Å². The fourth-order valence-corrected chi connectivity index (χ4v) is 3.99. The molecule has 2 aliphatic rings. The monoisotopic (exact) mass is 582 g/mol. The lowest BCUT2D eigenvalue weighted by molar-refractivity contribution is -0.143. The molecule has 2 heterocycles. The summed E-state index contributed by atoms with van der Waals surface area (Å²) < 4.78 is 34.6. The van der Waals surface area contributed by atoms with E-state index in [2.05, 4.69) is 0 Å². The van der Waals surface area contributed by atoms with Crippen molar-refractivity contribution in [2.75, 3.05) is 46.2 Å². The number of carbonyl (C=O) groups excluding carboxylic acids is 4. The number of hydrogen-bond acceptors (Lipinski definition) is 10. The minimum Gasteiger partial charge on any atom is -0.377 e. The molecular weight excluding hydrogens is 536 g/mol. The quantitative estimate of drug-likeness (QED) is 0.184. The second-order valence-electron chi connectivity index (χ2n) is 10.7. The lowest BCUT2D eigenvalue weighted by Gasteiger charge is -2.25. The molecule has 0 aromatic heterocycles. The molecule has 0 radical (unpaired) electrons. The van der Waals surface area contributed by atoms with Gasteiger partial charge in [0.05, 0.1) is 88.9 Å². The Morgan fingerprint density at radius 1 is 0.439 bits per heavy atom. The van der Waals surface area contributed by atoms with Crippen LogP contribution in [-0.2, 0) is 47.6 Å². The summed E-state index contributed by atoms with van der Waals surface area (Å²) in [5.41, 5.74) is 0. The van der Waals surface area contributed by atoms with E-state index in [0.717, 1.165) is 0 Å². The average molecular weight is 583 g/mol. The highest BCUT2D eigenvalue weighted by molar-refractivity contribution is 6.13. The number of carbonyl (C=O) groups is 4. The summed E-state index contributed by atoms with van der Waals surface area (Å²) in [7, 11) is 0. The molecule has 0 fully saturated rings. The zero-order chi connectivity index (χ0) is 30.5. The van der Waals surface area contributed by atoms with Crippen molar-refractivity contribution < 1.29 is 47.6 Å². The van der Waals surface area contributed by atoms with Gasteiger partial charge in [0.1, 0.15) is 0 Å². The van der Waals surface area contributed by atoms with E-state index in [1.54, 1.807) is 13.8 Å². The van der Waals surface area contributed by atoms with Crippen LogP contribution in [0.2, 0.25) is 0 Å². The molecule has 7 unspecified atom stereocenters. The number of hydrogen-bond donors (Lipinski definition) is 0. The average Bonchev–Trinajstić information content (AvgIpc) is 3.45. The van der Waals surface area contributed by atoms with Crippen molar-refractivity contribution in [3.05, 3.63) is 24.3 Å². The summed E-state index contributed by atoms with van der Waals surface area (Å²) >= 11 is 0. The van der Waals surface area contributed by atoms with E-state index in [4.69, 9.17) is 28.4 Å². The Morgan fingerprint density at radius 3 is 1.05 bits per heavy atom. The van der Waals surface area contributed by atoms with Gasteiger partial charge in [0.25, 0.3) is 23.6 Å². The van der Waals surface area contributed by atoms with Gasteiger partial charge in [0.2, 0.25) is 0 Å². The maximum Gasteiger partial charge on any atom is 0.253 e. The molecule has 7 atom stereocenters. The van der Waals surface area contributed by atoms with Gasteiger partial charge < -0.3 is 28.4 Å². The van der Waals surface area contributed by atoms with Crippen LogP contribution in [0.1, 0.15) is 48.5 Å². The molecular formula is C29H46N2O10. The van der Waals surface area contributed by atoms with Gasteiger partial charge in [-0.15, -0.1) is 0 Å². The minimum atomic E-state index is -0.356. The highest BCUT2D eigenvalue weighted by Gasteiger charge is 2.29. The van der Waals surface area contributed by atoms with E-state index in [-0.39, 0.29) is 79.4 Å². The Hall–Kier alpha value is -2.48. The van der Waals surface area contributed by atoms with E-state index in [9.17, 15) is 19.2 Å². The lowest BCUT2D eigenvalue weighted by Crippen LogP contribution is -2.41. The first kappa shape index (κ1) is 34.7. The molecule has 2 aliphatic heterocycles. The number of rotatable bonds is 21. The first-order valence-electron chi connectivity index (χ1n) is 14.1. The zero-order valence-corrected chi connectivity index (χ0v) is 25.3. The molecule has 0 aromatic rings. The molecule has 12 nitrogen and oxygen atoms in total. The fourth-order valence-electron chi connectivity index (χ4n) is 3.99. The van der Waals surface area contributed by atoms with Gasteiger partial charge in [-0.25, -0.2) is 0 Å². The minimum absolute atomic E-state index is 0.144. The van der Waals surface area contributed by atoms with Crippen LogP contribution in [0.3, 0.4) is 0 Å². The second kappa shape index (κ2) is 17.5. The molecule has 0 bridgehead atoms. The van der Waals surface area contributed by atoms with Gasteiger partial charge in [-0.3, -0.25) is 29.0 Å². The van der Waals surface area contributed by atoms with Crippen molar-refractivity contribution in [2.24, 2.45) is 0 Å². The van der Waals surface area contributed by atoms with Gasteiger partial charge >= 0.3 is 0 Å². The highest BCUT2D eigenvalue weighted by Crippen LogP contribution is 2.11. The molecule has 4 amide bonds. The van der Waals surface area contributed by atoms with Crippen molar-refractivity contribution in [1.29, 1.82) is 0 Å². The van der Waals surface area contributed by atoms with Crippen molar-refractivity contribution in [2.45, 2.75) is 91.1 Å². The van der Waals surface area contributed by atoms with Gasteiger partial charge in [-0.2, -0.15) is 0 Å². The van der Waals surface area contributed by atoms with Gasteiger partial charge in [0.15, 0.2) is 0 Å². The number of ether oxygens (including phenoxy) is 6. The van der Waals surface area contributed by atoms with Gasteiger partial charge in [-0.05, 0) is 48.5 Å². The van der Waals surface area contributed by atoms with E-state index in [0.29, 0.717) is 33.0 Å². The Bertz CT molecular complexity index is 903. The predicted octanol–water partition coefficient (Wildman–Crippen LogP) is 1.66. The summed E-state index contributed by atoms with van der Waals surface area (Å²) in [6.07, 6.45) is 4.21. The molecule has 0 N–H and O–H groups in total. The van der Waals surface area contributed by atoms with Crippen LogP contribution in [0, 0.1) is 0 Å². The number of imide groups is 2. The van der Waals surface area contributed by atoms with E-state index >= 15 is 0 Å². The Kier molecular flexibility index (Phi) is 14.8. The third kappa shape index (κ3) is 12.1. The lowest BCUT2D eigenvalue weighted by atomic mass is 10.3. The second-order valence-corrected chi connectivity index (χ2v) is 10.7. The fraction of sp³-hybridized carbons (Fsp3) is 0.724. The SMILES string of the molecule is CC(COCC(C)N1C(=O)C=CC1=O)OCC(C)OCC(C)OCC(C)OCC(C)OCC(C)N1C(=O)C=CC1=O. The molecule has 12 heteroatoms. The summed E-state index contributed by atoms with van der Waals surface area (Å²) in [5.74, 6) is -1.29. The number of amides is 4.